The van der Waals surface area contributed by atoms with Gasteiger partial charge >= 0.3 is 0 Å². The number of carbonyl (C=O) groups excluding carboxylic acids is 2. The summed E-state index contributed by atoms with van der Waals surface area (Å²) in [4.78, 5) is 24.8. The fraction of sp³-hybridized carbons (Fsp3) is 0.875. The van der Waals surface area contributed by atoms with E-state index in [4.69, 9.17) is 0 Å². The molecule has 0 saturated carbocycles. The van der Waals surface area contributed by atoms with Crippen molar-refractivity contribution >= 4 is 11.7 Å². The Morgan fingerprint density at radius 2 is 1.65 bits per heavy atom. The van der Waals surface area contributed by atoms with Gasteiger partial charge in [0.25, 0.3) is 0 Å². The van der Waals surface area contributed by atoms with Crippen molar-refractivity contribution < 1.29 is 9.59 Å². The Morgan fingerprint density at radius 3 is 2.10 bits per heavy atom. The van der Waals surface area contributed by atoms with Gasteiger partial charge in [-0.05, 0) is 31.2 Å². The molecule has 0 aliphatic rings. The van der Waals surface area contributed by atoms with Crippen LogP contribution >= 0.6 is 0 Å². The van der Waals surface area contributed by atoms with Crippen molar-refractivity contribution in [3.05, 3.63) is 0 Å². The number of carbonyl (C=O) groups is 2. The van der Waals surface area contributed by atoms with Crippen LogP contribution in [-0.4, -0.2) is 43.3 Å². The number of Topliss-reactive ketones (excluding diaryl/α,β-unsaturated/α-hetero) is 1. The molecule has 0 aromatic carbocycles. The molecule has 0 saturated heterocycles. The van der Waals surface area contributed by atoms with Crippen molar-refractivity contribution in [3.8, 4) is 0 Å². The van der Waals surface area contributed by atoms with Crippen LogP contribution in [0.3, 0.4) is 0 Å². The molecule has 1 N–H and O–H groups in total. The van der Waals surface area contributed by atoms with Gasteiger partial charge in [0.2, 0.25) is 5.91 Å². The average molecular weight is 284 g/mol. The maximum Gasteiger partial charge on any atom is 0.220 e. The second-order valence-corrected chi connectivity index (χ2v) is 7.87. The molecule has 4 nitrogen and oxygen atoms in total. The van der Waals surface area contributed by atoms with E-state index in [-0.39, 0.29) is 22.5 Å². The highest BCUT2D eigenvalue weighted by Gasteiger charge is 2.27. The number of likely N-dealkylation sites (N-methyl/N-ethyl adjacent to an activating group) is 1. The fourth-order valence-electron chi connectivity index (χ4n) is 2.84. The third kappa shape index (κ3) is 11.0. The zero-order valence-corrected chi connectivity index (χ0v) is 14.3. The Labute approximate surface area is 124 Å². The van der Waals surface area contributed by atoms with Crippen LogP contribution in [-0.2, 0) is 9.59 Å². The Hall–Kier alpha value is -0.900. The number of ketones is 1. The molecule has 0 unspecified atom stereocenters. The van der Waals surface area contributed by atoms with Crippen LogP contribution < -0.4 is 5.32 Å². The normalized spacial score (nSPS) is 12.6. The Bertz CT molecular complexity index is 330. The lowest BCUT2D eigenvalue weighted by molar-refractivity contribution is -0.123. The van der Waals surface area contributed by atoms with E-state index in [1.165, 1.54) is 0 Å². The smallest absolute Gasteiger partial charge is 0.220 e. The van der Waals surface area contributed by atoms with Gasteiger partial charge in [0, 0.05) is 19.5 Å². The molecule has 4 heteroatoms. The van der Waals surface area contributed by atoms with Crippen molar-refractivity contribution in [1.82, 2.24) is 10.2 Å². The van der Waals surface area contributed by atoms with E-state index in [9.17, 15) is 9.59 Å². The van der Waals surface area contributed by atoms with Gasteiger partial charge in [0.15, 0.2) is 0 Å². The molecule has 0 fully saturated rings. The Morgan fingerprint density at radius 1 is 1.10 bits per heavy atom. The first-order valence-corrected chi connectivity index (χ1v) is 7.36. The summed E-state index contributed by atoms with van der Waals surface area (Å²) in [5, 5.41) is 2.94. The predicted octanol–water partition coefficient (Wildman–Crippen LogP) is 2.48. The topological polar surface area (TPSA) is 49.4 Å². The maximum absolute atomic E-state index is 12.0. The first kappa shape index (κ1) is 19.1. The third-order valence-corrected chi connectivity index (χ3v) is 2.96. The molecule has 118 valence electrons. The lowest BCUT2D eigenvalue weighted by Crippen LogP contribution is -2.37. The van der Waals surface area contributed by atoms with Crippen LogP contribution in [0.25, 0.3) is 0 Å². The molecule has 0 aromatic heterocycles. The van der Waals surface area contributed by atoms with Gasteiger partial charge in [0.1, 0.15) is 5.78 Å². The van der Waals surface area contributed by atoms with Gasteiger partial charge in [-0.25, -0.2) is 0 Å². The molecule has 0 aliphatic carbocycles. The summed E-state index contributed by atoms with van der Waals surface area (Å²) in [5.41, 5.74) is 0.235. The van der Waals surface area contributed by atoms with E-state index < -0.39 is 0 Å². The standard InChI is InChI=1S/C16H32N2O2/c1-13(19)11-18(7)9-8-17-14(20)10-16(5,6)12-15(2,3)4/h8-12H2,1-7H3,(H,17,20). The molecular formula is C16H32N2O2. The molecule has 0 bridgehead atoms. The molecule has 0 heterocycles. The number of hydrogen-bond donors (Lipinski definition) is 1. The molecule has 0 radical (unpaired) electrons. The van der Waals surface area contributed by atoms with Crippen LogP contribution in [0.1, 0.15) is 54.4 Å². The lowest BCUT2D eigenvalue weighted by atomic mass is 9.74. The van der Waals surface area contributed by atoms with E-state index in [0.29, 0.717) is 26.1 Å². The van der Waals surface area contributed by atoms with E-state index >= 15 is 0 Å². The van der Waals surface area contributed by atoms with Crippen LogP contribution in [0, 0.1) is 10.8 Å². The van der Waals surface area contributed by atoms with Gasteiger partial charge in [-0.3, -0.25) is 14.5 Å². The summed E-state index contributed by atoms with van der Waals surface area (Å²) in [6.07, 6.45) is 1.55. The van der Waals surface area contributed by atoms with E-state index in [1.807, 2.05) is 11.9 Å². The highest BCUT2D eigenvalue weighted by Crippen LogP contribution is 2.35. The highest BCUT2D eigenvalue weighted by atomic mass is 16.1. The molecular weight excluding hydrogens is 252 g/mol. The van der Waals surface area contributed by atoms with Gasteiger partial charge < -0.3 is 5.32 Å². The van der Waals surface area contributed by atoms with E-state index in [2.05, 4.69) is 39.9 Å². The highest BCUT2D eigenvalue weighted by molar-refractivity contribution is 5.77. The summed E-state index contributed by atoms with van der Waals surface area (Å²) < 4.78 is 0. The lowest BCUT2D eigenvalue weighted by Gasteiger charge is -2.32. The fourth-order valence-corrected chi connectivity index (χ4v) is 2.84. The zero-order chi connectivity index (χ0) is 16.0. The Balaban J connectivity index is 4.02. The van der Waals surface area contributed by atoms with Crippen LogP contribution in [0.15, 0.2) is 0 Å². The van der Waals surface area contributed by atoms with Crippen molar-refractivity contribution in [1.29, 1.82) is 0 Å². The molecule has 0 spiro atoms. The summed E-state index contributed by atoms with van der Waals surface area (Å²) in [5.74, 6) is 0.237. The van der Waals surface area contributed by atoms with Crippen LogP contribution in [0.5, 0.6) is 0 Å². The quantitative estimate of drug-likeness (QED) is 0.745. The van der Waals surface area contributed by atoms with Crippen molar-refractivity contribution in [2.24, 2.45) is 10.8 Å². The molecule has 20 heavy (non-hydrogen) atoms. The second kappa shape index (κ2) is 7.77. The van der Waals surface area contributed by atoms with Crippen LogP contribution in [0.2, 0.25) is 0 Å². The van der Waals surface area contributed by atoms with Crippen molar-refractivity contribution in [2.75, 3.05) is 26.7 Å². The number of rotatable bonds is 8. The molecule has 0 rings (SSSR count). The molecule has 0 aromatic rings. The van der Waals surface area contributed by atoms with Crippen molar-refractivity contribution in [3.63, 3.8) is 0 Å². The first-order chi connectivity index (χ1) is 8.91. The van der Waals surface area contributed by atoms with Gasteiger partial charge in [-0.15, -0.1) is 0 Å². The van der Waals surface area contributed by atoms with E-state index in [0.717, 1.165) is 6.42 Å². The first-order valence-electron chi connectivity index (χ1n) is 7.36. The van der Waals surface area contributed by atoms with Crippen molar-refractivity contribution in [2.45, 2.75) is 54.4 Å². The minimum atomic E-state index is 0.00756. The monoisotopic (exact) mass is 284 g/mol. The summed E-state index contributed by atoms with van der Waals surface area (Å²) in [7, 11) is 1.89. The third-order valence-electron chi connectivity index (χ3n) is 2.96. The van der Waals surface area contributed by atoms with Gasteiger partial charge in [-0.1, -0.05) is 34.6 Å². The maximum atomic E-state index is 12.0. The second-order valence-electron chi connectivity index (χ2n) is 7.87. The predicted molar refractivity (Wildman–Crippen MR) is 83.7 cm³/mol. The minimum Gasteiger partial charge on any atom is -0.355 e. The average Bonchev–Trinajstić information content (AvgIpc) is 2.10. The minimum absolute atomic E-state index is 0.00756. The number of amides is 1. The molecule has 1 amide bonds. The number of nitrogens with one attached hydrogen (secondary N) is 1. The zero-order valence-electron chi connectivity index (χ0n) is 14.3. The number of nitrogens with zero attached hydrogens (tertiary/aromatic N) is 1. The summed E-state index contributed by atoms with van der Waals surface area (Å²) in [6, 6.07) is 0. The summed E-state index contributed by atoms with van der Waals surface area (Å²) >= 11 is 0. The molecule has 0 aliphatic heterocycles. The Kier molecular flexibility index (Phi) is 7.42. The summed E-state index contributed by atoms with van der Waals surface area (Å²) in [6.45, 7) is 14.2. The van der Waals surface area contributed by atoms with E-state index in [1.54, 1.807) is 6.92 Å². The largest absolute Gasteiger partial charge is 0.355 e. The van der Waals surface area contributed by atoms with Gasteiger partial charge in [-0.2, -0.15) is 0 Å². The van der Waals surface area contributed by atoms with Gasteiger partial charge in [0.05, 0.1) is 6.54 Å². The molecule has 0 atom stereocenters. The van der Waals surface area contributed by atoms with Crippen LogP contribution in [0.4, 0.5) is 0 Å². The SMILES string of the molecule is CC(=O)CN(C)CCNC(=O)CC(C)(C)CC(C)(C)C. The number of hydrogen-bond acceptors (Lipinski definition) is 3.